The highest BCUT2D eigenvalue weighted by molar-refractivity contribution is 7.91. The monoisotopic (exact) mass is 491 g/mol. The molecule has 1 amide bonds. The first-order chi connectivity index (χ1) is 15.7. The minimum Gasteiger partial charge on any atom is -0.467 e. The molecule has 0 aliphatic carbocycles. The number of benzene rings is 1. The normalized spacial score (nSPS) is 25.5. The Labute approximate surface area is 193 Å². The fourth-order valence-electron chi connectivity index (χ4n) is 4.90. The van der Waals surface area contributed by atoms with Gasteiger partial charge in [0.25, 0.3) is 10.0 Å². The summed E-state index contributed by atoms with van der Waals surface area (Å²) < 4.78 is 58.6. The summed E-state index contributed by atoms with van der Waals surface area (Å²) in [6.45, 7) is 1.14. The molecule has 0 radical (unpaired) electrons. The van der Waals surface area contributed by atoms with Gasteiger partial charge in [-0.05, 0) is 43.5 Å². The van der Waals surface area contributed by atoms with Crippen molar-refractivity contribution in [3.05, 3.63) is 54.0 Å². The van der Waals surface area contributed by atoms with Crippen molar-refractivity contribution < 1.29 is 26.0 Å². The van der Waals surface area contributed by atoms with Crippen LogP contribution in [0.4, 0.5) is 0 Å². The lowest BCUT2D eigenvalue weighted by molar-refractivity contribution is -0.139. The average Bonchev–Trinajstić information content (AvgIpc) is 3.50. The third-order valence-corrected chi connectivity index (χ3v) is 9.60. The highest BCUT2D eigenvalue weighted by Crippen LogP contribution is 2.31. The number of fused-ring (bicyclic) bond motifs is 1. The van der Waals surface area contributed by atoms with E-state index in [0.29, 0.717) is 49.5 Å². The largest absolute Gasteiger partial charge is 0.467 e. The van der Waals surface area contributed by atoms with Gasteiger partial charge in [0.1, 0.15) is 10.7 Å². The zero-order chi connectivity index (χ0) is 23.2. The number of likely N-dealkylation sites (tertiary alicyclic amines) is 1. The lowest BCUT2D eigenvalue weighted by Crippen LogP contribution is -2.49. The summed E-state index contributed by atoms with van der Waals surface area (Å²) >= 11 is 0. The standard InChI is InChI=1S/C22H25N3O6S2/c26-22(25(14-18-6-4-11-31-18)17-9-12-32(27,28)15-17)16-5-3-10-24(13-16)21-19-7-1-2-8-20(19)33(29,30)23-21/h1-2,4,6-8,11,16-17H,3,5,9-10,12-15H2/t16-,17+/m0/s1. The van der Waals surface area contributed by atoms with Crippen molar-refractivity contribution in [2.45, 2.75) is 36.7 Å². The summed E-state index contributed by atoms with van der Waals surface area (Å²) in [6.07, 6.45) is 3.28. The number of hydrogen-bond donors (Lipinski definition) is 0. The molecule has 3 aliphatic heterocycles. The molecule has 5 rings (SSSR count). The fourth-order valence-corrected chi connectivity index (χ4v) is 7.86. The van der Waals surface area contributed by atoms with Gasteiger partial charge >= 0.3 is 0 Å². The molecular weight excluding hydrogens is 466 g/mol. The number of sulfone groups is 1. The predicted molar refractivity (Wildman–Crippen MR) is 121 cm³/mol. The molecule has 0 N–H and O–H groups in total. The van der Waals surface area contributed by atoms with Gasteiger partial charge in [0.2, 0.25) is 5.91 Å². The minimum atomic E-state index is -3.75. The van der Waals surface area contributed by atoms with E-state index in [1.165, 1.54) is 6.26 Å². The van der Waals surface area contributed by atoms with Crippen molar-refractivity contribution in [3.8, 4) is 0 Å². The number of amides is 1. The maximum Gasteiger partial charge on any atom is 0.285 e. The average molecular weight is 492 g/mol. The summed E-state index contributed by atoms with van der Waals surface area (Å²) in [5, 5.41) is 0. The Bertz CT molecular complexity index is 1300. The Kier molecular flexibility index (Phi) is 5.56. The SMILES string of the molecule is O=C([C@H]1CCCN(C2=NS(=O)(=O)c3ccccc32)C1)N(Cc1ccco1)[C@@H]1CCS(=O)(=O)C1. The van der Waals surface area contributed by atoms with Crippen LogP contribution in [0.1, 0.15) is 30.6 Å². The summed E-state index contributed by atoms with van der Waals surface area (Å²) in [6, 6.07) is 9.82. The number of hydrogen-bond acceptors (Lipinski definition) is 7. The van der Waals surface area contributed by atoms with Crippen molar-refractivity contribution in [1.29, 1.82) is 0 Å². The molecule has 2 saturated heterocycles. The molecule has 2 fully saturated rings. The van der Waals surface area contributed by atoms with Crippen LogP contribution in [0.25, 0.3) is 0 Å². The second-order valence-corrected chi connectivity index (χ2v) is 12.6. The van der Waals surface area contributed by atoms with Gasteiger partial charge in [-0.15, -0.1) is 4.40 Å². The van der Waals surface area contributed by atoms with Crippen molar-refractivity contribution in [1.82, 2.24) is 9.80 Å². The van der Waals surface area contributed by atoms with Crippen molar-refractivity contribution >= 4 is 31.6 Å². The van der Waals surface area contributed by atoms with E-state index in [-0.39, 0.29) is 28.9 Å². The molecule has 11 heteroatoms. The molecule has 1 aromatic heterocycles. The van der Waals surface area contributed by atoms with E-state index in [1.807, 2.05) is 4.90 Å². The van der Waals surface area contributed by atoms with Gasteiger partial charge in [0, 0.05) is 24.7 Å². The van der Waals surface area contributed by atoms with Gasteiger partial charge in [0.05, 0.1) is 30.2 Å². The third-order valence-electron chi connectivity index (χ3n) is 6.52. The molecule has 2 atom stereocenters. The van der Waals surface area contributed by atoms with Crippen LogP contribution in [-0.2, 0) is 31.2 Å². The molecule has 2 aromatic rings. The van der Waals surface area contributed by atoms with Gasteiger partial charge in [-0.3, -0.25) is 4.79 Å². The van der Waals surface area contributed by atoms with Gasteiger partial charge in [-0.2, -0.15) is 8.42 Å². The highest BCUT2D eigenvalue weighted by Gasteiger charge is 2.40. The molecule has 3 aliphatic rings. The van der Waals surface area contributed by atoms with Crippen LogP contribution in [-0.4, -0.2) is 69.0 Å². The number of furan rings is 1. The smallest absolute Gasteiger partial charge is 0.285 e. The Morgan fingerprint density at radius 2 is 1.94 bits per heavy atom. The Hall–Kier alpha value is -2.66. The van der Waals surface area contributed by atoms with Crippen LogP contribution in [0.5, 0.6) is 0 Å². The first-order valence-corrected chi connectivity index (χ1v) is 14.2. The van der Waals surface area contributed by atoms with Gasteiger partial charge < -0.3 is 14.2 Å². The van der Waals surface area contributed by atoms with Crippen LogP contribution in [0.3, 0.4) is 0 Å². The fraction of sp³-hybridized carbons (Fsp3) is 0.455. The van der Waals surface area contributed by atoms with Gasteiger partial charge in [0.15, 0.2) is 15.7 Å². The number of rotatable bonds is 4. The molecule has 4 heterocycles. The Balaban J connectivity index is 1.39. The number of sulfonamides is 1. The van der Waals surface area contributed by atoms with Crippen molar-refractivity contribution in [3.63, 3.8) is 0 Å². The second kappa shape index (κ2) is 8.28. The van der Waals surface area contributed by atoms with E-state index < -0.39 is 31.8 Å². The number of carbonyl (C=O) groups excluding carboxylic acids is 1. The van der Waals surface area contributed by atoms with Gasteiger partial charge in [-0.1, -0.05) is 12.1 Å². The van der Waals surface area contributed by atoms with Crippen LogP contribution in [0, 0.1) is 5.92 Å². The predicted octanol–water partition coefficient (Wildman–Crippen LogP) is 1.66. The minimum absolute atomic E-state index is 0.0474. The number of amidine groups is 1. The maximum atomic E-state index is 13.7. The first-order valence-electron chi connectivity index (χ1n) is 11.0. The third kappa shape index (κ3) is 4.31. The molecule has 176 valence electrons. The second-order valence-electron chi connectivity index (χ2n) is 8.77. The number of carbonyl (C=O) groups is 1. The zero-order valence-corrected chi connectivity index (χ0v) is 19.6. The van der Waals surface area contributed by atoms with E-state index in [4.69, 9.17) is 4.42 Å². The van der Waals surface area contributed by atoms with Crippen molar-refractivity contribution in [2.24, 2.45) is 10.3 Å². The van der Waals surface area contributed by atoms with E-state index in [1.54, 1.807) is 41.3 Å². The first kappa shape index (κ1) is 22.1. The topological polar surface area (TPSA) is 117 Å². The molecule has 33 heavy (non-hydrogen) atoms. The maximum absolute atomic E-state index is 13.7. The Morgan fingerprint density at radius 1 is 1.12 bits per heavy atom. The van der Waals surface area contributed by atoms with Crippen LogP contribution >= 0.6 is 0 Å². The van der Waals surface area contributed by atoms with E-state index in [9.17, 15) is 21.6 Å². The zero-order valence-electron chi connectivity index (χ0n) is 18.0. The summed E-state index contributed by atoms with van der Waals surface area (Å²) in [4.78, 5) is 17.3. The molecular formula is C22H25N3O6S2. The quantitative estimate of drug-likeness (QED) is 0.638. The van der Waals surface area contributed by atoms with Crippen LogP contribution in [0.2, 0.25) is 0 Å². The molecule has 0 unspecified atom stereocenters. The molecule has 0 saturated carbocycles. The molecule has 0 bridgehead atoms. The summed E-state index contributed by atoms with van der Waals surface area (Å²) in [7, 11) is -6.92. The highest BCUT2D eigenvalue weighted by atomic mass is 32.2. The van der Waals surface area contributed by atoms with Crippen LogP contribution < -0.4 is 0 Å². The van der Waals surface area contributed by atoms with Gasteiger partial charge in [-0.25, -0.2) is 8.42 Å². The number of piperidine rings is 1. The molecule has 9 nitrogen and oxygen atoms in total. The Morgan fingerprint density at radius 3 is 2.67 bits per heavy atom. The lowest BCUT2D eigenvalue weighted by Gasteiger charge is -2.37. The molecule has 0 spiro atoms. The van der Waals surface area contributed by atoms with E-state index in [0.717, 1.165) is 0 Å². The lowest BCUT2D eigenvalue weighted by atomic mass is 9.95. The molecule has 1 aromatic carbocycles. The summed E-state index contributed by atoms with van der Waals surface area (Å²) in [5.74, 6) is 0.475. The van der Waals surface area contributed by atoms with E-state index >= 15 is 0 Å². The van der Waals surface area contributed by atoms with Crippen LogP contribution in [0.15, 0.2) is 56.4 Å². The number of nitrogens with zero attached hydrogens (tertiary/aromatic N) is 3. The summed E-state index contributed by atoms with van der Waals surface area (Å²) in [5.41, 5.74) is 0.555. The van der Waals surface area contributed by atoms with E-state index in [2.05, 4.69) is 4.40 Å². The van der Waals surface area contributed by atoms with Crippen molar-refractivity contribution in [2.75, 3.05) is 24.6 Å².